The van der Waals surface area contributed by atoms with E-state index in [-0.39, 0.29) is 11.5 Å². The van der Waals surface area contributed by atoms with Crippen LogP contribution in [-0.2, 0) is 9.59 Å². The maximum absolute atomic E-state index is 13.4. The third-order valence-electron chi connectivity index (χ3n) is 5.31. The van der Waals surface area contributed by atoms with E-state index in [0.29, 0.717) is 27.7 Å². The number of anilines is 2. The SMILES string of the molecule is COc1ccc(NC(=O)CC2C(=O)N(c3ccccc3)C(=S)N2NC(=O)c2ccc(Cl)cc2)cc1. The van der Waals surface area contributed by atoms with Crippen LogP contribution < -0.4 is 20.4 Å². The highest BCUT2D eigenvalue weighted by molar-refractivity contribution is 7.80. The van der Waals surface area contributed by atoms with Gasteiger partial charge in [0.05, 0.1) is 19.2 Å². The van der Waals surface area contributed by atoms with Crippen LogP contribution in [0.5, 0.6) is 5.75 Å². The molecule has 0 saturated carbocycles. The minimum Gasteiger partial charge on any atom is -0.497 e. The number of ether oxygens (including phenoxy) is 1. The zero-order valence-corrected chi connectivity index (χ0v) is 20.2. The van der Waals surface area contributed by atoms with Crippen molar-refractivity contribution in [3.63, 3.8) is 0 Å². The van der Waals surface area contributed by atoms with Gasteiger partial charge in [0.2, 0.25) is 11.0 Å². The van der Waals surface area contributed by atoms with Crippen molar-refractivity contribution >= 4 is 58.0 Å². The molecule has 0 aromatic heterocycles. The molecule has 1 unspecified atom stereocenters. The van der Waals surface area contributed by atoms with Gasteiger partial charge in [0.1, 0.15) is 11.8 Å². The first kappa shape index (κ1) is 24.2. The van der Waals surface area contributed by atoms with Gasteiger partial charge in [-0.25, -0.2) is 5.01 Å². The molecule has 0 radical (unpaired) electrons. The molecule has 178 valence electrons. The number of nitrogens with zero attached hydrogens (tertiary/aromatic N) is 2. The van der Waals surface area contributed by atoms with Gasteiger partial charge in [-0.3, -0.25) is 24.7 Å². The number of halogens is 1. The molecule has 2 N–H and O–H groups in total. The molecule has 1 saturated heterocycles. The van der Waals surface area contributed by atoms with Crippen molar-refractivity contribution in [1.82, 2.24) is 10.4 Å². The first-order chi connectivity index (χ1) is 16.9. The monoisotopic (exact) mass is 508 g/mol. The fourth-order valence-electron chi connectivity index (χ4n) is 3.55. The lowest BCUT2D eigenvalue weighted by Gasteiger charge is -2.24. The Hall–Kier alpha value is -3.95. The maximum atomic E-state index is 13.4. The molecule has 3 aromatic carbocycles. The number of hydrogen-bond acceptors (Lipinski definition) is 5. The lowest BCUT2D eigenvalue weighted by Crippen LogP contribution is -2.49. The van der Waals surface area contributed by atoms with Crippen LogP contribution in [0.4, 0.5) is 11.4 Å². The highest BCUT2D eigenvalue weighted by Crippen LogP contribution is 2.26. The summed E-state index contributed by atoms with van der Waals surface area (Å²) in [5.74, 6) is -0.694. The first-order valence-electron chi connectivity index (χ1n) is 10.6. The van der Waals surface area contributed by atoms with Crippen molar-refractivity contribution < 1.29 is 19.1 Å². The molecule has 4 rings (SSSR count). The van der Waals surface area contributed by atoms with Crippen molar-refractivity contribution in [2.24, 2.45) is 0 Å². The zero-order valence-electron chi connectivity index (χ0n) is 18.6. The van der Waals surface area contributed by atoms with Crippen LogP contribution >= 0.6 is 23.8 Å². The quantitative estimate of drug-likeness (QED) is 0.468. The Morgan fingerprint density at radius 2 is 1.66 bits per heavy atom. The summed E-state index contributed by atoms with van der Waals surface area (Å²) < 4.78 is 5.12. The Morgan fingerprint density at radius 3 is 2.29 bits per heavy atom. The molecule has 1 heterocycles. The molecular formula is C25H21ClN4O4S. The summed E-state index contributed by atoms with van der Waals surface area (Å²) in [6, 6.07) is 20.8. The molecule has 3 aromatic rings. The van der Waals surface area contributed by atoms with Gasteiger partial charge in [-0.2, -0.15) is 0 Å². The first-order valence-corrected chi connectivity index (χ1v) is 11.4. The summed E-state index contributed by atoms with van der Waals surface area (Å²) in [5.41, 5.74) is 4.08. The molecule has 0 bridgehead atoms. The van der Waals surface area contributed by atoms with Gasteiger partial charge >= 0.3 is 0 Å². The van der Waals surface area contributed by atoms with Gasteiger partial charge < -0.3 is 10.1 Å². The average molecular weight is 509 g/mol. The minimum atomic E-state index is -1.04. The predicted molar refractivity (Wildman–Crippen MR) is 137 cm³/mol. The molecule has 35 heavy (non-hydrogen) atoms. The molecule has 1 aliphatic heterocycles. The van der Waals surface area contributed by atoms with Crippen molar-refractivity contribution in [1.29, 1.82) is 0 Å². The second-order valence-electron chi connectivity index (χ2n) is 7.61. The van der Waals surface area contributed by atoms with Crippen LogP contribution in [0, 0.1) is 0 Å². The highest BCUT2D eigenvalue weighted by atomic mass is 35.5. The molecule has 1 atom stereocenters. The van der Waals surface area contributed by atoms with Gasteiger partial charge in [-0.1, -0.05) is 29.8 Å². The van der Waals surface area contributed by atoms with Crippen LogP contribution in [0.25, 0.3) is 0 Å². The number of amides is 3. The lowest BCUT2D eigenvalue weighted by molar-refractivity contribution is -0.124. The fourth-order valence-corrected chi connectivity index (χ4v) is 4.05. The largest absolute Gasteiger partial charge is 0.497 e. The van der Waals surface area contributed by atoms with Crippen LogP contribution in [-0.4, -0.2) is 41.0 Å². The Morgan fingerprint density at radius 1 is 1.00 bits per heavy atom. The summed E-state index contributed by atoms with van der Waals surface area (Å²) in [6.45, 7) is 0. The van der Waals surface area contributed by atoms with E-state index in [1.165, 1.54) is 9.91 Å². The molecular weight excluding hydrogens is 488 g/mol. The number of hydrogen-bond donors (Lipinski definition) is 2. The molecule has 1 fully saturated rings. The summed E-state index contributed by atoms with van der Waals surface area (Å²) >= 11 is 11.5. The number of carbonyl (C=O) groups excluding carboxylic acids is 3. The average Bonchev–Trinajstić information content (AvgIpc) is 3.09. The van der Waals surface area contributed by atoms with E-state index >= 15 is 0 Å². The topological polar surface area (TPSA) is 91.0 Å². The lowest BCUT2D eigenvalue weighted by atomic mass is 10.1. The standard InChI is InChI=1S/C25H21ClN4O4S/c1-34-20-13-11-18(12-14-20)27-22(31)15-21-24(33)29(19-5-3-2-4-6-19)25(35)30(21)28-23(32)16-7-9-17(26)10-8-16/h2-14,21H,15H2,1H3,(H,27,31)(H,28,32). The molecule has 8 nitrogen and oxygen atoms in total. The predicted octanol–water partition coefficient (Wildman–Crippen LogP) is 4.02. The van der Waals surface area contributed by atoms with Crippen LogP contribution in [0.15, 0.2) is 78.9 Å². The van der Waals surface area contributed by atoms with E-state index in [0.717, 1.165) is 0 Å². The van der Waals surface area contributed by atoms with E-state index in [1.54, 1.807) is 79.9 Å². The second-order valence-corrected chi connectivity index (χ2v) is 8.41. The molecule has 0 aliphatic carbocycles. The van der Waals surface area contributed by atoms with Crippen molar-refractivity contribution in [3.8, 4) is 5.75 Å². The molecule has 3 amide bonds. The van der Waals surface area contributed by atoms with Crippen LogP contribution in [0.2, 0.25) is 5.02 Å². The second kappa shape index (κ2) is 10.5. The summed E-state index contributed by atoms with van der Waals surface area (Å²) in [5, 5.41) is 4.56. The number of rotatable bonds is 7. The number of thiocarbonyl (C=S) groups is 1. The smallest absolute Gasteiger partial charge is 0.269 e. The third kappa shape index (κ3) is 5.42. The van der Waals surface area contributed by atoms with Crippen molar-refractivity contribution in [2.45, 2.75) is 12.5 Å². The normalized spacial score (nSPS) is 15.2. The van der Waals surface area contributed by atoms with E-state index in [9.17, 15) is 14.4 Å². The minimum absolute atomic E-state index is 0.0609. The van der Waals surface area contributed by atoms with E-state index in [4.69, 9.17) is 28.6 Å². The van der Waals surface area contributed by atoms with Crippen molar-refractivity contribution in [2.75, 3.05) is 17.3 Å². The third-order valence-corrected chi connectivity index (χ3v) is 5.94. The molecule has 1 aliphatic rings. The maximum Gasteiger partial charge on any atom is 0.269 e. The van der Waals surface area contributed by atoms with Gasteiger partial charge in [-0.05, 0) is 72.9 Å². The number of carbonyl (C=O) groups is 3. The Balaban J connectivity index is 1.57. The number of para-hydroxylation sites is 1. The van der Waals surface area contributed by atoms with Crippen LogP contribution in [0.3, 0.4) is 0 Å². The van der Waals surface area contributed by atoms with Crippen molar-refractivity contribution in [3.05, 3.63) is 89.4 Å². The van der Waals surface area contributed by atoms with Gasteiger partial charge in [0.25, 0.3) is 11.8 Å². The number of nitrogens with one attached hydrogen (secondary N) is 2. The summed E-state index contributed by atoms with van der Waals surface area (Å²) in [6.07, 6.45) is -0.241. The number of hydrazine groups is 1. The molecule has 10 heteroatoms. The van der Waals surface area contributed by atoms with E-state index in [1.807, 2.05) is 6.07 Å². The Kier molecular flexibility index (Phi) is 7.28. The summed E-state index contributed by atoms with van der Waals surface area (Å²) in [4.78, 5) is 40.4. The summed E-state index contributed by atoms with van der Waals surface area (Å²) in [7, 11) is 1.55. The van der Waals surface area contributed by atoms with Gasteiger partial charge in [0, 0.05) is 16.3 Å². The fraction of sp³-hybridized carbons (Fsp3) is 0.120. The molecule has 0 spiro atoms. The number of benzene rings is 3. The van der Waals surface area contributed by atoms with E-state index in [2.05, 4.69) is 10.7 Å². The van der Waals surface area contributed by atoms with E-state index < -0.39 is 23.8 Å². The van der Waals surface area contributed by atoms with Crippen LogP contribution in [0.1, 0.15) is 16.8 Å². The number of methoxy groups -OCH3 is 1. The van der Waals surface area contributed by atoms with Gasteiger partial charge in [-0.15, -0.1) is 0 Å². The Labute approximate surface area is 212 Å². The van der Waals surface area contributed by atoms with Gasteiger partial charge in [0.15, 0.2) is 0 Å². The Bertz CT molecular complexity index is 1250. The zero-order chi connectivity index (χ0) is 24.9. The highest BCUT2D eigenvalue weighted by Gasteiger charge is 2.45.